The monoisotopic (exact) mass is 356 g/mol. The molecule has 2 aromatic carbocycles. The Morgan fingerprint density at radius 2 is 1.88 bits per heavy atom. The summed E-state index contributed by atoms with van der Waals surface area (Å²) in [5, 5.41) is 20.2. The molecule has 0 aliphatic heterocycles. The van der Waals surface area contributed by atoms with Crippen molar-refractivity contribution in [1.82, 2.24) is 4.72 Å². The van der Waals surface area contributed by atoms with E-state index in [4.69, 9.17) is 9.68 Å². The van der Waals surface area contributed by atoms with E-state index in [-0.39, 0.29) is 17.2 Å². The van der Waals surface area contributed by atoms with E-state index in [1.807, 2.05) is 24.3 Å². The van der Waals surface area contributed by atoms with Gasteiger partial charge in [0.1, 0.15) is 16.9 Å². The molecule has 0 saturated carbocycles. The maximum atomic E-state index is 12.3. The molecule has 3 aromatic rings. The predicted octanol–water partition coefficient (Wildman–Crippen LogP) is 2.49. The Morgan fingerprint density at radius 1 is 1.20 bits per heavy atom. The van der Waals surface area contributed by atoms with Crippen LogP contribution in [0, 0.1) is 11.3 Å². The Morgan fingerprint density at radius 3 is 2.52 bits per heavy atom. The van der Waals surface area contributed by atoms with Gasteiger partial charge in [0.25, 0.3) is 0 Å². The number of benzene rings is 2. The van der Waals surface area contributed by atoms with Crippen LogP contribution in [0.5, 0.6) is 0 Å². The van der Waals surface area contributed by atoms with E-state index in [1.54, 1.807) is 12.1 Å². The van der Waals surface area contributed by atoms with Gasteiger partial charge in [-0.2, -0.15) is 5.26 Å². The molecule has 25 heavy (non-hydrogen) atoms. The van der Waals surface area contributed by atoms with E-state index in [0.717, 1.165) is 5.39 Å². The number of hydrogen-bond donors (Lipinski definition) is 2. The summed E-state index contributed by atoms with van der Waals surface area (Å²) in [6.07, 6.45) is 0. The van der Waals surface area contributed by atoms with Crippen LogP contribution in [0.15, 0.2) is 63.9 Å². The molecule has 0 aliphatic carbocycles. The van der Waals surface area contributed by atoms with Crippen LogP contribution in [0.25, 0.3) is 11.0 Å². The van der Waals surface area contributed by atoms with Crippen LogP contribution in [0.3, 0.4) is 0 Å². The first kappa shape index (κ1) is 17.2. The van der Waals surface area contributed by atoms with Crippen LogP contribution in [-0.4, -0.2) is 20.1 Å². The smallest absolute Gasteiger partial charge is 0.240 e. The molecule has 0 fully saturated rings. The molecule has 0 saturated heterocycles. The minimum absolute atomic E-state index is 0.0203. The number of fused-ring (bicyclic) bond motifs is 1. The van der Waals surface area contributed by atoms with Crippen molar-refractivity contribution in [3.63, 3.8) is 0 Å². The highest BCUT2D eigenvalue weighted by Gasteiger charge is 2.29. The number of nitrogens with zero attached hydrogens (tertiary/aromatic N) is 1. The molecule has 2 N–H and O–H groups in total. The van der Waals surface area contributed by atoms with Crippen LogP contribution in [0.1, 0.15) is 18.2 Å². The molecular formula is C18H16N2O4S. The lowest BCUT2D eigenvalue weighted by Crippen LogP contribution is -2.38. The minimum atomic E-state index is -3.82. The van der Waals surface area contributed by atoms with Crippen molar-refractivity contribution in [2.75, 3.05) is 6.54 Å². The molecule has 1 aromatic heterocycles. The molecule has 6 nitrogen and oxygen atoms in total. The zero-order chi connectivity index (χ0) is 18.1. The first-order valence-corrected chi connectivity index (χ1v) is 9.01. The Balaban J connectivity index is 1.79. The number of nitrogens with one attached hydrogen (secondary N) is 1. The molecular weight excluding hydrogens is 340 g/mol. The number of aliphatic hydroxyl groups is 1. The van der Waals surface area contributed by atoms with Crippen molar-refractivity contribution in [3.05, 3.63) is 65.9 Å². The Bertz CT molecular complexity index is 1010. The SMILES string of the molecule is CC(O)(CNS(=O)(=O)c1ccc(C#N)cc1)c1cc2ccccc2o1. The maximum absolute atomic E-state index is 12.3. The molecule has 7 heteroatoms. The number of nitriles is 1. The van der Waals surface area contributed by atoms with E-state index in [0.29, 0.717) is 11.1 Å². The van der Waals surface area contributed by atoms with E-state index in [9.17, 15) is 13.5 Å². The summed E-state index contributed by atoms with van der Waals surface area (Å²) in [6, 6.07) is 16.4. The molecule has 1 unspecified atom stereocenters. The largest absolute Gasteiger partial charge is 0.458 e. The van der Waals surface area contributed by atoms with Crippen molar-refractivity contribution < 1.29 is 17.9 Å². The summed E-state index contributed by atoms with van der Waals surface area (Å²) >= 11 is 0. The third-order valence-corrected chi connectivity index (χ3v) is 5.27. The summed E-state index contributed by atoms with van der Waals surface area (Å²) in [6.45, 7) is 1.22. The third kappa shape index (κ3) is 3.56. The number of hydrogen-bond acceptors (Lipinski definition) is 5. The number of furan rings is 1. The van der Waals surface area contributed by atoms with Crippen molar-refractivity contribution in [1.29, 1.82) is 5.26 Å². The van der Waals surface area contributed by atoms with Gasteiger partial charge in [0.2, 0.25) is 10.0 Å². The summed E-state index contributed by atoms with van der Waals surface area (Å²) < 4.78 is 32.7. The van der Waals surface area contributed by atoms with Gasteiger partial charge in [-0.25, -0.2) is 13.1 Å². The zero-order valence-electron chi connectivity index (χ0n) is 13.4. The van der Waals surface area contributed by atoms with Gasteiger partial charge in [0.15, 0.2) is 0 Å². The van der Waals surface area contributed by atoms with E-state index in [1.165, 1.54) is 31.2 Å². The van der Waals surface area contributed by atoms with Crippen molar-refractivity contribution in [2.45, 2.75) is 17.4 Å². The molecule has 0 aliphatic rings. The van der Waals surface area contributed by atoms with E-state index < -0.39 is 15.6 Å². The lowest BCUT2D eigenvalue weighted by molar-refractivity contribution is 0.0412. The van der Waals surface area contributed by atoms with Gasteiger partial charge in [-0.1, -0.05) is 18.2 Å². The first-order chi connectivity index (χ1) is 11.8. The van der Waals surface area contributed by atoms with E-state index in [2.05, 4.69) is 4.72 Å². The van der Waals surface area contributed by atoms with Gasteiger partial charge < -0.3 is 9.52 Å². The summed E-state index contributed by atoms with van der Waals surface area (Å²) in [5.41, 5.74) is -0.528. The number of rotatable bonds is 5. The molecule has 128 valence electrons. The van der Waals surface area contributed by atoms with Crippen LogP contribution < -0.4 is 4.72 Å². The Hall–Kier alpha value is -2.66. The average Bonchev–Trinajstić information content (AvgIpc) is 3.05. The highest BCUT2D eigenvalue weighted by atomic mass is 32.2. The number of para-hydroxylation sites is 1. The quantitative estimate of drug-likeness (QED) is 0.731. The average molecular weight is 356 g/mol. The second kappa shape index (κ2) is 6.33. The van der Waals surface area contributed by atoms with Gasteiger partial charge in [-0.05, 0) is 43.3 Å². The lowest BCUT2D eigenvalue weighted by Gasteiger charge is -2.21. The van der Waals surface area contributed by atoms with Gasteiger partial charge in [0.05, 0.1) is 16.5 Å². The minimum Gasteiger partial charge on any atom is -0.458 e. The molecule has 0 radical (unpaired) electrons. The molecule has 1 heterocycles. The maximum Gasteiger partial charge on any atom is 0.240 e. The standard InChI is InChI=1S/C18H16N2O4S/c1-18(21,17-10-14-4-2-3-5-16(14)24-17)12-20-25(22,23)15-8-6-13(11-19)7-9-15/h2-10,20-21H,12H2,1H3. The molecule has 0 amide bonds. The molecule has 3 rings (SSSR count). The summed E-state index contributed by atoms with van der Waals surface area (Å²) in [4.78, 5) is 0.0203. The van der Waals surface area contributed by atoms with Crippen molar-refractivity contribution in [2.24, 2.45) is 0 Å². The molecule has 1 atom stereocenters. The highest BCUT2D eigenvalue weighted by molar-refractivity contribution is 7.89. The third-order valence-electron chi connectivity index (χ3n) is 3.86. The lowest BCUT2D eigenvalue weighted by atomic mass is 10.0. The van der Waals surface area contributed by atoms with E-state index >= 15 is 0 Å². The second-order valence-corrected chi connectivity index (χ2v) is 7.65. The molecule has 0 bridgehead atoms. The number of sulfonamides is 1. The van der Waals surface area contributed by atoms with Gasteiger partial charge in [-0.15, -0.1) is 0 Å². The van der Waals surface area contributed by atoms with Crippen molar-refractivity contribution >= 4 is 21.0 Å². The fraction of sp³-hybridized carbons (Fsp3) is 0.167. The van der Waals surface area contributed by atoms with Crippen LogP contribution >= 0.6 is 0 Å². The highest BCUT2D eigenvalue weighted by Crippen LogP contribution is 2.27. The summed E-state index contributed by atoms with van der Waals surface area (Å²) in [7, 11) is -3.82. The van der Waals surface area contributed by atoms with Crippen LogP contribution in [0.2, 0.25) is 0 Å². The van der Waals surface area contributed by atoms with Crippen LogP contribution in [0.4, 0.5) is 0 Å². The normalized spacial score (nSPS) is 14.1. The topological polar surface area (TPSA) is 103 Å². The fourth-order valence-corrected chi connectivity index (χ4v) is 3.49. The van der Waals surface area contributed by atoms with Gasteiger partial charge in [0, 0.05) is 11.9 Å². The van der Waals surface area contributed by atoms with Crippen molar-refractivity contribution in [3.8, 4) is 6.07 Å². The zero-order valence-corrected chi connectivity index (χ0v) is 14.2. The fourth-order valence-electron chi connectivity index (χ4n) is 2.36. The van der Waals surface area contributed by atoms with Crippen LogP contribution in [-0.2, 0) is 15.6 Å². The Kier molecular flexibility index (Phi) is 4.35. The van der Waals surface area contributed by atoms with Gasteiger partial charge >= 0.3 is 0 Å². The predicted molar refractivity (Wildman–Crippen MR) is 92.1 cm³/mol. The first-order valence-electron chi connectivity index (χ1n) is 7.53. The molecule has 0 spiro atoms. The second-order valence-electron chi connectivity index (χ2n) is 5.88. The summed E-state index contributed by atoms with van der Waals surface area (Å²) in [5.74, 6) is 0.274. The van der Waals surface area contributed by atoms with Gasteiger partial charge in [-0.3, -0.25) is 0 Å². The Labute approximate surface area is 145 Å².